The molecule has 1 atom stereocenters. The maximum atomic E-state index is 5.21. The lowest BCUT2D eigenvalue weighted by atomic mass is 9.98. The molecule has 0 aliphatic carbocycles. The third-order valence-corrected chi connectivity index (χ3v) is 3.57. The van der Waals surface area contributed by atoms with Gasteiger partial charge in [0, 0.05) is 13.1 Å². The van der Waals surface area contributed by atoms with E-state index in [0.29, 0.717) is 23.6 Å². The van der Waals surface area contributed by atoms with Crippen molar-refractivity contribution in [3.8, 4) is 11.8 Å². The highest BCUT2D eigenvalue weighted by Gasteiger charge is 2.22. The first kappa shape index (κ1) is 14.8. The van der Waals surface area contributed by atoms with Crippen LogP contribution in [0.2, 0.25) is 0 Å². The molecule has 112 valence electrons. The zero-order valence-corrected chi connectivity index (χ0v) is 12.6. The summed E-state index contributed by atoms with van der Waals surface area (Å²) < 4.78 is 10.4. The maximum Gasteiger partial charge on any atom is 0.231 e. The summed E-state index contributed by atoms with van der Waals surface area (Å²) in [6.45, 7) is 6.16. The molecule has 6 heteroatoms. The van der Waals surface area contributed by atoms with Crippen LogP contribution in [0.15, 0.2) is 6.07 Å². The first-order valence-corrected chi connectivity index (χ1v) is 7.19. The minimum Gasteiger partial charge on any atom is -0.481 e. The Kier molecular flexibility index (Phi) is 5.40. The minimum atomic E-state index is 0.542. The van der Waals surface area contributed by atoms with Crippen LogP contribution in [0.4, 0.5) is 5.95 Å². The van der Waals surface area contributed by atoms with Gasteiger partial charge in [0.2, 0.25) is 17.7 Å². The smallest absolute Gasteiger partial charge is 0.231 e. The van der Waals surface area contributed by atoms with Crippen LogP contribution in [0.3, 0.4) is 0 Å². The van der Waals surface area contributed by atoms with Crippen LogP contribution in [0.5, 0.6) is 11.8 Å². The summed E-state index contributed by atoms with van der Waals surface area (Å²) >= 11 is 0. The number of anilines is 1. The lowest BCUT2D eigenvalue weighted by Crippen LogP contribution is -2.40. The number of nitrogens with one attached hydrogen (secondary N) is 1. The van der Waals surface area contributed by atoms with E-state index in [-0.39, 0.29) is 0 Å². The molecule has 1 unspecified atom stereocenters. The quantitative estimate of drug-likeness (QED) is 0.848. The first-order chi connectivity index (χ1) is 9.76. The van der Waals surface area contributed by atoms with E-state index < -0.39 is 0 Å². The van der Waals surface area contributed by atoms with Crippen molar-refractivity contribution in [3.05, 3.63) is 6.07 Å². The molecule has 1 fully saturated rings. The van der Waals surface area contributed by atoms with Crippen molar-refractivity contribution < 1.29 is 9.47 Å². The van der Waals surface area contributed by atoms with Gasteiger partial charge in [-0.25, -0.2) is 0 Å². The van der Waals surface area contributed by atoms with Gasteiger partial charge in [0.1, 0.15) is 0 Å². The number of hydrogen-bond donors (Lipinski definition) is 1. The molecule has 0 aromatic carbocycles. The van der Waals surface area contributed by atoms with Crippen molar-refractivity contribution in [1.82, 2.24) is 15.3 Å². The predicted molar refractivity (Wildman–Crippen MR) is 78.6 cm³/mol. The topological polar surface area (TPSA) is 59.5 Å². The lowest BCUT2D eigenvalue weighted by molar-refractivity contribution is 0.364. The van der Waals surface area contributed by atoms with Gasteiger partial charge in [-0.1, -0.05) is 6.92 Å². The highest BCUT2D eigenvalue weighted by Crippen LogP contribution is 2.24. The Morgan fingerprint density at radius 1 is 1.30 bits per heavy atom. The Morgan fingerprint density at radius 2 is 2.00 bits per heavy atom. The monoisotopic (exact) mass is 280 g/mol. The average molecular weight is 280 g/mol. The molecule has 20 heavy (non-hydrogen) atoms. The fourth-order valence-electron chi connectivity index (χ4n) is 2.50. The van der Waals surface area contributed by atoms with E-state index >= 15 is 0 Å². The molecule has 0 saturated carbocycles. The predicted octanol–water partition coefficient (Wildman–Crippen LogP) is 1.32. The largest absolute Gasteiger partial charge is 0.481 e. The highest BCUT2D eigenvalue weighted by atomic mass is 16.5. The van der Waals surface area contributed by atoms with Crippen LogP contribution < -0.4 is 19.7 Å². The zero-order chi connectivity index (χ0) is 14.4. The molecule has 1 saturated heterocycles. The van der Waals surface area contributed by atoms with Crippen molar-refractivity contribution in [2.45, 2.75) is 19.8 Å². The average Bonchev–Trinajstić information content (AvgIpc) is 2.52. The van der Waals surface area contributed by atoms with E-state index in [1.807, 2.05) is 0 Å². The number of piperidine rings is 1. The summed E-state index contributed by atoms with van der Waals surface area (Å²) in [5.74, 6) is 2.42. The Bertz CT molecular complexity index is 405. The molecule has 2 heterocycles. The standard InChI is InChI=1S/C14H24N4O2/c1-4-15-9-11-6-5-7-18(10-11)14-16-12(19-2)8-13(17-14)20-3/h8,11,15H,4-7,9-10H2,1-3H3. The minimum absolute atomic E-state index is 0.542. The van der Waals surface area contributed by atoms with Crippen LogP contribution in [-0.4, -0.2) is 50.4 Å². The van der Waals surface area contributed by atoms with Crippen LogP contribution in [0, 0.1) is 5.92 Å². The molecule has 0 bridgehead atoms. The number of hydrogen-bond acceptors (Lipinski definition) is 6. The van der Waals surface area contributed by atoms with Gasteiger partial charge in [0.15, 0.2) is 0 Å². The van der Waals surface area contributed by atoms with E-state index in [1.54, 1.807) is 20.3 Å². The Labute approximate surface area is 120 Å². The molecule has 0 amide bonds. The molecule has 2 rings (SSSR count). The molecule has 6 nitrogen and oxygen atoms in total. The third kappa shape index (κ3) is 3.72. The van der Waals surface area contributed by atoms with Gasteiger partial charge in [0.25, 0.3) is 0 Å². The zero-order valence-electron chi connectivity index (χ0n) is 12.6. The van der Waals surface area contributed by atoms with E-state index in [0.717, 1.165) is 26.2 Å². The normalized spacial score (nSPS) is 18.9. The third-order valence-electron chi connectivity index (χ3n) is 3.57. The molecule has 0 spiro atoms. The lowest BCUT2D eigenvalue weighted by Gasteiger charge is -2.33. The van der Waals surface area contributed by atoms with E-state index in [9.17, 15) is 0 Å². The second kappa shape index (κ2) is 7.28. The number of rotatable bonds is 6. The van der Waals surface area contributed by atoms with Gasteiger partial charge >= 0.3 is 0 Å². The second-order valence-electron chi connectivity index (χ2n) is 5.01. The summed E-state index contributed by atoms with van der Waals surface area (Å²) in [6.07, 6.45) is 2.42. The molecular formula is C14H24N4O2. The molecule has 1 N–H and O–H groups in total. The van der Waals surface area contributed by atoms with Crippen LogP contribution in [0.1, 0.15) is 19.8 Å². The van der Waals surface area contributed by atoms with Crippen molar-refractivity contribution in [1.29, 1.82) is 0 Å². The molecule has 1 aliphatic rings. The van der Waals surface area contributed by atoms with Crippen molar-refractivity contribution in [2.24, 2.45) is 5.92 Å². The summed E-state index contributed by atoms with van der Waals surface area (Å²) in [5.41, 5.74) is 0. The summed E-state index contributed by atoms with van der Waals surface area (Å²) in [6, 6.07) is 1.70. The highest BCUT2D eigenvalue weighted by molar-refractivity contribution is 5.37. The summed E-state index contributed by atoms with van der Waals surface area (Å²) in [5, 5.41) is 3.42. The summed E-state index contributed by atoms with van der Waals surface area (Å²) in [4.78, 5) is 11.1. The van der Waals surface area contributed by atoms with E-state index in [1.165, 1.54) is 12.8 Å². The van der Waals surface area contributed by atoms with E-state index in [4.69, 9.17) is 9.47 Å². The van der Waals surface area contributed by atoms with Crippen molar-refractivity contribution >= 4 is 5.95 Å². The van der Waals surface area contributed by atoms with E-state index in [2.05, 4.69) is 27.1 Å². The van der Waals surface area contributed by atoms with Gasteiger partial charge in [-0.3, -0.25) is 0 Å². The SMILES string of the molecule is CCNCC1CCCN(c2nc(OC)cc(OC)n2)C1. The number of nitrogens with zero attached hydrogens (tertiary/aromatic N) is 3. The van der Waals surface area contributed by atoms with Gasteiger partial charge < -0.3 is 19.7 Å². The Hall–Kier alpha value is -1.56. The number of ether oxygens (including phenoxy) is 2. The van der Waals surface area contributed by atoms with Crippen molar-refractivity contribution in [2.75, 3.05) is 45.3 Å². The molecule has 1 aliphatic heterocycles. The molecular weight excluding hydrogens is 256 g/mol. The van der Waals surface area contributed by atoms with Gasteiger partial charge in [-0.15, -0.1) is 0 Å². The molecule has 1 aromatic heterocycles. The van der Waals surface area contributed by atoms with Gasteiger partial charge in [0.05, 0.1) is 20.3 Å². The van der Waals surface area contributed by atoms with Gasteiger partial charge in [-0.05, 0) is 31.8 Å². The van der Waals surface area contributed by atoms with Gasteiger partial charge in [-0.2, -0.15) is 9.97 Å². The second-order valence-corrected chi connectivity index (χ2v) is 5.01. The Morgan fingerprint density at radius 3 is 2.60 bits per heavy atom. The van der Waals surface area contributed by atoms with Crippen molar-refractivity contribution in [3.63, 3.8) is 0 Å². The van der Waals surface area contributed by atoms with Crippen LogP contribution in [0.25, 0.3) is 0 Å². The molecule has 1 aromatic rings. The fraction of sp³-hybridized carbons (Fsp3) is 0.714. The number of methoxy groups -OCH3 is 2. The van der Waals surface area contributed by atoms with Crippen LogP contribution >= 0.6 is 0 Å². The molecule has 0 radical (unpaired) electrons. The maximum absolute atomic E-state index is 5.21. The number of aromatic nitrogens is 2. The fourth-order valence-corrected chi connectivity index (χ4v) is 2.50. The summed E-state index contributed by atoms with van der Waals surface area (Å²) in [7, 11) is 3.21. The Balaban J connectivity index is 2.09. The first-order valence-electron chi connectivity index (χ1n) is 7.19. The van der Waals surface area contributed by atoms with Crippen LogP contribution in [-0.2, 0) is 0 Å².